The molecule has 1 saturated heterocycles. The molecule has 56 heavy (non-hydrogen) atoms. The standard InChI is InChI=1S/C44H52N4O7S/c1-2-30-21-23-48(28-38(51)31-12-6-5-7-13-31)29-39(30)55-44(53)47-42(40-16-11-25-56-40)32-14-10-15-33(26-32)54-24-9-4-3-8-22-45-27-37(50)34-17-19-36(49)43-35(34)18-20-41(52)46-43/h5-7,10-20,25-26,30,37,39,42,45,49-50H,2-4,8-9,21-24,27-29H2,1H3,(H,46,52)(H,47,53). The number of thiophene rings is 1. The summed E-state index contributed by atoms with van der Waals surface area (Å²) in [5.41, 5.74) is 2.24. The van der Waals surface area contributed by atoms with Gasteiger partial charge in [-0.2, -0.15) is 0 Å². The van der Waals surface area contributed by atoms with Gasteiger partial charge in [-0.3, -0.25) is 14.5 Å². The SMILES string of the molecule is CCC1CCN(CC(=O)c2ccccc2)CC1OC(=O)NC(c1cccc(OCCCCCCNCC(O)c2ccc(O)c3[nH]c(=O)ccc23)c1)c1cccs1. The number of aliphatic hydroxyl groups is 1. The van der Waals surface area contributed by atoms with Crippen LogP contribution in [0.25, 0.3) is 10.9 Å². The summed E-state index contributed by atoms with van der Waals surface area (Å²) >= 11 is 1.57. The molecule has 0 saturated carbocycles. The van der Waals surface area contributed by atoms with Gasteiger partial charge < -0.3 is 35.3 Å². The molecule has 12 heteroatoms. The molecule has 0 radical (unpaired) electrons. The summed E-state index contributed by atoms with van der Waals surface area (Å²) in [7, 11) is 0. The van der Waals surface area contributed by atoms with Crippen LogP contribution in [0.3, 0.4) is 0 Å². The Bertz CT molecular complexity index is 2070. The number of ketones is 1. The van der Waals surface area contributed by atoms with Crippen LogP contribution in [0.4, 0.5) is 4.79 Å². The van der Waals surface area contributed by atoms with E-state index in [2.05, 4.69) is 27.4 Å². The Morgan fingerprint density at radius 2 is 1.82 bits per heavy atom. The van der Waals surface area contributed by atoms with E-state index in [1.165, 1.54) is 12.1 Å². The van der Waals surface area contributed by atoms with Gasteiger partial charge in [0.2, 0.25) is 5.56 Å². The number of hydrogen-bond acceptors (Lipinski definition) is 10. The number of hydrogen-bond donors (Lipinski definition) is 5. The zero-order chi connectivity index (χ0) is 39.3. The molecule has 11 nitrogen and oxygen atoms in total. The number of benzene rings is 3. The number of carbonyl (C=O) groups excluding carboxylic acids is 2. The number of aliphatic hydroxyl groups excluding tert-OH is 1. The fourth-order valence-corrected chi connectivity index (χ4v) is 8.14. The van der Waals surface area contributed by atoms with Crippen LogP contribution in [-0.2, 0) is 4.74 Å². The lowest BCUT2D eigenvalue weighted by Gasteiger charge is -2.37. The number of amides is 1. The second-order valence-electron chi connectivity index (χ2n) is 14.4. The predicted molar refractivity (Wildman–Crippen MR) is 220 cm³/mol. The highest BCUT2D eigenvalue weighted by Crippen LogP contribution is 2.31. The van der Waals surface area contributed by atoms with E-state index in [0.717, 1.165) is 67.8 Å². The van der Waals surface area contributed by atoms with Gasteiger partial charge in [0.15, 0.2) is 5.78 Å². The van der Waals surface area contributed by atoms with Gasteiger partial charge in [0.1, 0.15) is 17.6 Å². The quantitative estimate of drug-likeness (QED) is 0.0428. The molecule has 0 aliphatic carbocycles. The molecule has 3 heterocycles. The first-order valence-electron chi connectivity index (χ1n) is 19.6. The highest BCUT2D eigenvalue weighted by Gasteiger charge is 2.33. The number of nitrogens with one attached hydrogen (secondary N) is 3. The first-order chi connectivity index (χ1) is 27.3. The van der Waals surface area contributed by atoms with Crippen molar-refractivity contribution in [3.63, 3.8) is 0 Å². The van der Waals surface area contributed by atoms with Gasteiger partial charge >= 0.3 is 6.09 Å². The van der Waals surface area contributed by atoms with E-state index in [9.17, 15) is 24.6 Å². The molecule has 1 aliphatic heterocycles. The normalized spacial score (nSPS) is 17.0. The molecule has 3 aromatic carbocycles. The molecule has 5 aromatic rings. The lowest BCUT2D eigenvalue weighted by Crippen LogP contribution is -2.48. The van der Waals surface area contributed by atoms with E-state index in [-0.39, 0.29) is 29.1 Å². The van der Waals surface area contributed by atoms with Crippen LogP contribution in [0, 0.1) is 5.92 Å². The fourth-order valence-electron chi connectivity index (χ4n) is 7.33. The molecule has 0 spiro atoms. The number of aromatic nitrogens is 1. The largest absolute Gasteiger partial charge is 0.506 e. The summed E-state index contributed by atoms with van der Waals surface area (Å²) in [6, 6.07) is 26.9. The number of alkyl carbamates (subject to hydrolysis) is 1. The number of Topliss-reactive ketones (excluding diaryl/α,β-unsaturated/α-hetero) is 1. The minimum atomic E-state index is -0.784. The average Bonchev–Trinajstić information content (AvgIpc) is 3.75. The van der Waals surface area contributed by atoms with Gasteiger partial charge in [-0.25, -0.2) is 4.79 Å². The van der Waals surface area contributed by atoms with E-state index >= 15 is 0 Å². The number of rotatable bonds is 19. The molecule has 1 amide bonds. The summed E-state index contributed by atoms with van der Waals surface area (Å²) in [4.78, 5) is 43.8. The van der Waals surface area contributed by atoms with Crippen LogP contribution in [0.5, 0.6) is 11.5 Å². The Balaban J connectivity index is 0.939. The smallest absolute Gasteiger partial charge is 0.408 e. The topological polar surface area (TPSA) is 153 Å². The third-order valence-corrected chi connectivity index (χ3v) is 11.4. The van der Waals surface area contributed by atoms with Crippen molar-refractivity contribution >= 4 is 34.1 Å². The van der Waals surface area contributed by atoms with Crippen LogP contribution in [0.2, 0.25) is 0 Å². The first kappa shape index (κ1) is 40.6. The zero-order valence-corrected chi connectivity index (χ0v) is 32.6. The van der Waals surface area contributed by atoms with Crippen LogP contribution < -0.4 is 20.9 Å². The number of pyridine rings is 1. The zero-order valence-electron chi connectivity index (χ0n) is 31.8. The van der Waals surface area contributed by atoms with Gasteiger partial charge in [-0.05, 0) is 91.5 Å². The van der Waals surface area contributed by atoms with Crippen LogP contribution in [0.15, 0.2) is 101 Å². The third-order valence-electron chi connectivity index (χ3n) is 10.4. The number of carbonyl (C=O) groups is 2. The number of aromatic hydroxyl groups is 1. The molecule has 6 rings (SSSR count). The Hall–Kier alpha value is -5.01. The predicted octanol–water partition coefficient (Wildman–Crippen LogP) is 7.36. The number of ether oxygens (including phenoxy) is 2. The minimum Gasteiger partial charge on any atom is -0.506 e. The Kier molecular flexibility index (Phi) is 14.7. The minimum absolute atomic E-state index is 0.0288. The van der Waals surface area contributed by atoms with E-state index < -0.39 is 18.2 Å². The van der Waals surface area contributed by atoms with Gasteiger partial charge in [0.05, 0.1) is 30.8 Å². The van der Waals surface area contributed by atoms with Gasteiger partial charge in [-0.15, -0.1) is 11.3 Å². The monoisotopic (exact) mass is 780 g/mol. The second-order valence-corrected chi connectivity index (χ2v) is 15.3. The number of aromatic amines is 1. The highest BCUT2D eigenvalue weighted by atomic mass is 32.1. The van der Waals surface area contributed by atoms with Crippen molar-refractivity contribution < 1.29 is 29.3 Å². The van der Waals surface area contributed by atoms with Crippen molar-refractivity contribution in [2.24, 2.45) is 5.92 Å². The van der Waals surface area contributed by atoms with Crippen molar-refractivity contribution in [1.82, 2.24) is 20.5 Å². The summed E-state index contributed by atoms with van der Waals surface area (Å²) in [6.07, 6.45) is 3.98. The molecule has 0 bridgehead atoms. The van der Waals surface area contributed by atoms with Gasteiger partial charge in [-0.1, -0.05) is 74.4 Å². The number of unbranched alkanes of at least 4 members (excludes halogenated alkanes) is 3. The molecule has 1 fully saturated rings. The molecule has 1 aliphatic rings. The summed E-state index contributed by atoms with van der Waals surface area (Å²) in [5, 5.41) is 29.9. The van der Waals surface area contributed by atoms with Crippen LogP contribution >= 0.6 is 11.3 Å². The molecule has 296 valence electrons. The number of H-pyrrole nitrogens is 1. The Morgan fingerprint density at radius 1 is 0.982 bits per heavy atom. The summed E-state index contributed by atoms with van der Waals surface area (Å²) < 4.78 is 12.3. The Morgan fingerprint density at radius 3 is 2.62 bits per heavy atom. The van der Waals surface area contributed by atoms with Crippen molar-refractivity contribution in [3.8, 4) is 11.5 Å². The number of fused-ring (bicyclic) bond motifs is 1. The molecule has 5 N–H and O–H groups in total. The van der Waals surface area contributed by atoms with Crippen LogP contribution in [-0.4, -0.2) is 77.4 Å². The lowest BCUT2D eigenvalue weighted by atomic mass is 9.91. The van der Waals surface area contributed by atoms with Gasteiger partial charge in [0.25, 0.3) is 0 Å². The maximum Gasteiger partial charge on any atom is 0.408 e. The number of likely N-dealkylation sites (tertiary alicyclic amines) is 1. The molecular formula is C44H52N4O7S. The number of piperidine rings is 1. The summed E-state index contributed by atoms with van der Waals surface area (Å²) in [6.45, 7) is 5.38. The molecule has 4 atom stereocenters. The van der Waals surface area contributed by atoms with E-state index in [1.807, 2.05) is 72.1 Å². The van der Waals surface area contributed by atoms with E-state index in [0.29, 0.717) is 48.3 Å². The first-order valence-corrected chi connectivity index (χ1v) is 20.4. The van der Waals surface area contributed by atoms with Crippen LogP contribution in [0.1, 0.15) is 84.0 Å². The summed E-state index contributed by atoms with van der Waals surface area (Å²) in [5.74, 6) is 0.988. The van der Waals surface area contributed by atoms with Gasteiger partial charge in [0, 0.05) is 35.0 Å². The number of phenolic OH excluding ortho intramolecular Hbond substituents is 1. The van der Waals surface area contributed by atoms with Crippen molar-refractivity contribution in [2.45, 2.75) is 63.7 Å². The third kappa shape index (κ3) is 11.1. The van der Waals surface area contributed by atoms with Crippen molar-refractivity contribution in [3.05, 3.63) is 128 Å². The highest BCUT2D eigenvalue weighted by molar-refractivity contribution is 7.10. The van der Waals surface area contributed by atoms with E-state index in [1.54, 1.807) is 23.5 Å². The van der Waals surface area contributed by atoms with Crippen molar-refractivity contribution in [1.29, 1.82) is 0 Å². The number of nitrogens with zero attached hydrogens (tertiary/aromatic N) is 1. The van der Waals surface area contributed by atoms with E-state index in [4.69, 9.17) is 9.47 Å². The number of phenols is 1. The second kappa shape index (κ2) is 20.2. The maximum atomic E-state index is 13.5. The Labute approximate surface area is 331 Å². The maximum absolute atomic E-state index is 13.5. The fraction of sp³-hybridized carbons (Fsp3) is 0.386. The molecular weight excluding hydrogens is 729 g/mol. The molecule has 2 aromatic heterocycles. The molecule has 4 unspecified atom stereocenters. The average molecular weight is 781 g/mol. The van der Waals surface area contributed by atoms with Crippen molar-refractivity contribution in [2.75, 3.05) is 39.3 Å². The lowest BCUT2D eigenvalue weighted by molar-refractivity contribution is 0.00341.